The molecule has 0 aliphatic carbocycles. The Bertz CT molecular complexity index is 988. The molecule has 0 aliphatic heterocycles. The van der Waals surface area contributed by atoms with Gasteiger partial charge >= 0.3 is 49.7 Å². The number of ether oxygens (including phenoxy) is 2. The minimum Gasteiger partial charge on any atom is -0.550 e. The first-order valence-electron chi connectivity index (χ1n) is 30.0. The summed E-state index contributed by atoms with van der Waals surface area (Å²) in [5, 5.41) is 20.8. The van der Waals surface area contributed by atoms with Crippen LogP contribution in [-0.2, 0) is 28.7 Å². The zero-order valence-electron chi connectivity index (χ0n) is 46.5. The topological polar surface area (TPSA) is 133 Å². The smallest absolute Gasteiger partial charge is 0.550 e. The summed E-state index contributed by atoms with van der Waals surface area (Å²) in [4.78, 5) is 45.6. The molecule has 0 aliphatic rings. The molecule has 0 rings (SSSR count). The quantitative estimate of drug-likeness (QED) is 0.0334. The van der Waals surface area contributed by atoms with Crippen LogP contribution in [0.4, 0.5) is 0 Å². The van der Waals surface area contributed by atoms with Crippen LogP contribution in [0.25, 0.3) is 0 Å². The number of carboxylic acids is 2. The van der Waals surface area contributed by atoms with Gasteiger partial charge in [-0.05, 0) is 89.9 Å². The Labute approximate surface area is 458 Å². The molecule has 0 heterocycles. The molecule has 8 nitrogen and oxygen atoms in total. The van der Waals surface area contributed by atoms with Crippen LogP contribution in [0.1, 0.15) is 349 Å². The van der Waals surface area contributed by atoms with E-state index in [9.17, 15) is 29.4 Å². The molecule has 0 aromatic rings. The van der Waals surface area contributed by atoms with Crippen molar-refractivity contribution in [2.45, 2.75) is 361 Å². The minimum atomic E-state index is -0.932. The second kappa shape index (κ2) is 61.4. The van der Waals surface area contributed by atoms with Gasteiger partial charge < -0.3 is 29.3 Å². The molecule has 0 saturated carbocycles. The Balaban J connectivity index is -0.00000124. The molecule has 9 heteroatoms. The normalized spacial score (nSPS) is 11.9. The van der Waals surface area contributed by atoms with E-state index in [1.165, 1.54) is 180 Å². The van der Waals surface area contributed by atoms with Gasteiger partial charge in [-0.3, -0.25) is 9.59 Å². The number of rotatable bonds is 54. The monoisotopic (exact) mass is 1000 g/mol. The van der Waals surface area contributed by atoms with Crippen LogP contribution in [0.2, 0.25) is 0 Å². The van der Waals surface area contributed by atoms with Gasteiger partial charge in [-0.15, -0.1) is 0 Å². The number of aliphatic carboxylic acids is 2. The second-order valence-electron chi connectivity index (χ2n) is 20.6. The summed E-state index contributed by atoms with van der Waals surface area (Å²) >= 11 is 0. The van der Waals surface area contributed by atoms with Crippen molar-refractivity contribution < 1.29 is 38.9 Å². The Hall–Kier alpha value is -0.860. The fraction of sp³-hybridized carbons (Fsp3) is 0.933. The van der Waals surface area contributed by atoms with Crippen LogP contribution in [0.15, 0.2) is 0 Å². The van der Waals surface area contributed by atoms with Crippen molar-refractivity contribution in [3.63, 3.8) is 0 Å². The molecule has 2 atom stereocenters. The molecule has 404 valence electrons. The van der Waals surface area contributed by atoms with Crippen molar-refractivity contribution in [1.82, 2.24) is 0 Å². The van der Waals surface area contributed by atoms with Crippen molar-refractivity contribution >= 4 is 61.6 Å². The molecule has 0 radical (unpaired) electrons. The molecule has 0 N–H and O–H groups in total. The van der Waals surface area contributed by atoms with Gasteiger partial charge in [0.05, 0.1) is 0 Å². The third-order valence-corrected chi connectivity index (χ3v) is 13.6. The number of carbonyl (C=O) groups excluding carboxylic acids is 4. The number of hydrogen-bond acceptors (Lipinski definition) is 8. The van der Waals surface area contributed by atoms with Gasteiger partial charge in [-0.2, -0.15) is 0 Å². The first-order chi connectivity index (χ1) is 33.2. The van der Waals surface area contributed by atoms with Gasteiger partial charge in [-0.25, -0.2) is 0 Å². The van der Waals surface area contributed by atoms with E-state index in [2.05, 4.69) is 27.7 Å². The van der Waals surface area contributed by atoms with E-state index in [4.69, 9.17) is 9.47 Å². The molecular weight excluding hydrogens is 889 g/mol. The summed E-state index contributed by atoms with van der Waals surface area (Å²) in [6.45, 7) is 8.97. The number of esters is 2. The van der Waals surface area contributed by atoms with Crippen LogP contribution < -0.4 is 10.2 Å². The standard InChI is InChI=1S/2C30H58O4.Ca/c2*1-3-5-7-9-10-11-16-19-23-27-30(33)34-28(24-20-8-6-4-2)25-21-17-14-12-13-15-18-22-26-29(31)32;/h2*28H,3-27H2,1-2H3,(H,31,32);/q;;+2/p-2. The zero-order chi connectivity index (χ0) is 50.2. The van der Waals surface area contributed by atoms with Gasteiger partial charge in [-0.1, -0.05) is 246 Å². The number of carbonyl (C=O) groups is 4. The maximum atomic E-state index is 12.4. The van der Waals surface area contributed by atoms with Crippen LogP contribution >= 0.6 is 0 Å². The van der Waals surface area contributed by atoms with E-state index < -0.39 is 11.9 Å². The predicted octanol–water partition coefficient (Wildman–Crippen LogP) is 16.5. The van der Waals surface area contributed by atoms with E-state index in [1.54, 1.807) is 0 Å². The molecule has 0 amide bonds. The summed E-state index contributed by atoms with van der Waals surface area (Å²) in [6, 6.07) is 0. The molecule has 0 spiro atoms. The molecule has 0 aromatic carbocycles. The van der Waals surface area contributed by atoms with Gasteiger partial charge in [0, 0.05) is 24.8 Å². The van der Waals surface area contributed by atoms with Gasteiger partial charge in [0.2, 0.25) is 0 Å². The van der Waals surface area contributed by atoms with E-state index in [0.717, 1.165) is 116 Å². The van der Waals surface area contributed by atoms with Gasteiger partial charge in [0.1, 0.15) is 12.2 Å². The Kier molecular flexibility index (Phi) is 64.5. The molecule has 0 aromatic heterocycles. The Morgan fingerprint density at radius 1 is 0.275 bits per heavy atom. The first-order valence-corrected chi connectivity index (χ1v) is 30.0. The molecule has 0 saturated heterocycles. The number of carboxylic acid groups (broad SMARTS) is 2. The van der Waals surface area contributed by atoms with Crippen LogP contribution in [0.3, 0.4) is 0 Å². The molecule has 0 fully saturated rings. The van der Waals surface area contributed by atoms with Crippen LogP contribution in [0, 0.1) is 0 Å². The average molecular weight is 1000 g/mol. The predicted molar refractivity (Wildman–Crippen MR) is 289 cm³/mol. The van der Waals surface area contributed by atoms with Crippen LogP contribution in [0.5, 0.6) is 0 Å². The molecular formula is C60H114CaO8. The summed E-state index contributed by atoms with van der Waals surface area (Å²) in [7, 11) is 0. The summed E-state index contributed by atoms with van der Waals surface area (Å²) in [5.41, 5.74) is 0. The van der Waals surface area contributed by atoms with Crippen molar-refractivity contribution in [2.75, 3.05) is 0 Å². The minimum absolute atomic E-state index is 0. The zero-order valence-corrected chi connectivity index (χ0v) is 48.7. The first kappa shape index (κ1) is 72.4. The number of unbranched alkanes of at least 4 members (excludes halogenated alkanes) is 36. The summed E-state index contributed by atoms with van der Waals surface area (Å²) in [5.74, 6) is -1.84. The third kappa shape index (κ3) is 63.2. The van der Waals surface area contributed by atoms with E-state index >= 15 is 0 Å². The molecule has 0 bridgehead atoms. The van der Waals surface area contributed by atoms with Gasteiger partial charge in [0.25, 0.3) is 0 Å². The van der Waals surface area contributed by atoms with Crippen molar-refractivity contribution in [1.29, 1.82) is 0 Å². The SMILES string of the molecule is CCCCCCCCCCCC(=O)OC(CCCCCC)CCCCCCCCCCC(=O)[O-].CCCCCCCCCCCC(=O)OC(CCCCCC)CCCCCCCCCCC(=O)[O-].[Ca+2]. The Morgan fingerprint density at radius 2 is 0.449 bits per heavy atom. The fourth-order valence-electron chi connectivity index (χ4n) is 9.18. The number of hydrogen-bond donors (Lipinski definition) is 0. The molecule has 69 heavy (non-hydrogen) atoms. The summed E-state index contributed by atoms with van der Waals surface area (Å²) < 4.78 is 11.8. The third-order valence-electron chi connectivity index (χ3n) is 13.6. The summed E-state index contributed by atoms with van der Waals surface area (Å²) in [6.07, 6.45) is 56.0. The van der Waals surface area contributed by atoms with Crippen molar-refractivity contribution in [3.8, 4) is 0 Å². The van der Waals surface area contributed by atoms with E-state index in [1.807, 2.05) is 0 Å². The Morgan fingerprint density at radius 3 is 0.667 bits per heavy atom. The second-order valence-corrected chi connectivity index (χ2v) is 20.6. The average Bonchev–Trinajstić information content (AvgIpc) is 3.31. The van der Waals surface area contributed by atoms with Crippen molar-refractivity contribution in [2.24, 2.45) is 0 Å². The van der Waals surface area contributed by atoms with E-state index in [0.29, 0.717) is 12.8 Å². The van der Waals surface area contributed by atoms with Crippen molar-refractivity contribution in [3.05, 3.63) is 0 Å². The van der Waals surface area contributed by atoms with Gasteiger partial charge in [0.15, 0.2) is 0 Å². The largest absolute Gasteiger partial charge is 2.00 e. The molecule has 2 unspecified atom stereocenters. The van der Waals surface area contributed by atoms with Crippen LogP contribution in [-0.4, -0.2) is 73.8 Å². The van der Waals surface area contributed by atoms with E-state index in [-0.39, 0.29) is 74.7 Å². The fourth-order valence-corrected chi connectivity index (χ4v) is 9.18. The maximum absolute atomic E-state index is 12.4. The maximum Gasteiger partial charge on any atom is 2.00 e.